The van der Waals surface area contributed by atoms with Gasteiger partial charge in [0.15, 0.2) is 17.3 Å². The highest BCUT2D eigenvalue weighted by Gasteiger charge is 2.56. The highest BCUT2D eigenvalue weighted by Crippen LogP contribution is 2.51. The summed E-state index contributed by atoms with van der Waals surface area (Å²) in [4.78, 5) is 39.9. The number of ketones is 3. The van der Waals surface area contributed by atoms with Gasteiger partial charge in [-0.3, -0.25) is 14.4 Å². The lowest BCUT2D eigenvalue weighted by Gasteiger charge is -2.46. The van der Waals surface area contributed by atoms with E-state index < -0.39 is 96.2 Å². The summed E-state index contributed by atoms with van der Waals surface area (Å²) < 4.78 is 16.9. The van der Waals surface area contributed by atoms with E-state index in [1.165, 1.54) is 25.3 Å². The Labute approximate surface area is 223 Å². The van der Waals surface area contributed by atoms with Crippen LogP contribution in [0, 0.1) is 11.8 Å². The van der Waals surface area contributed by atoms with Crippen LogP contribution in [-0.4, -0.2) is 99.3 Å². The van der Waals surface area contributed by atoms with Gasteiger partial charge >= 0.3 is 0 Å². The Morgan fingerprint density at radius 2 is 1.87 bits per heavy atom. The molecule has 12 heteroatoms. The van der Waals surface area contributed by atoms with Crippen LogP contribution in [0.2, 0.25) is 0 Å². The van der Waals surface area contributed by atoms with Gasteiger partial charge in [0, 0.05) is 29.6 Å². The number of nitrogens with two attached hydrogens (primary N) is 1. The van der Waals surface area contributed by atoms with E-state index in [4.69, 9.17) is 19.9 Å². The van der Waals surface area contributed by atoms with Gasteiger partial charge in [-0.1, -0.05) is 12.1 Å². The Hall–Kier alpha value is -3.13. The average molecular weight is 546 g/mol. The molecule has 7 N–H and O–H groups in total. The van der Waals surface area contributed by atoms with Crippen molar-refractivity contribution >= 4 is 17.3 Å². The number of aliphatic hydroxyl groups is 5. The summed E-state index contributed by atoms with van der Waals surface area (Å²) in [7, 11) is 1.34. The van der Waals surface area contributed by atoms with Crippen molar-refractivity contribution in [1.29, 1.82) is 0 Å². The smallest absolute Gasteiger partial charge is 0.190 e. The summed E-state index contributed by atoms with van der Waals surface area (Å²) in [6.07, 6.45) is -4.97. The second-order valence-electron chi connectivity index (χ2n) is 10.5. The number of hydrogen-bond donors (Lipinski definition) is 6. The van der Waals surface area contributed by atoms with Gasteiger partial charge in [0.2, 0.25) is 0 Å². The van der Waals surface area contributed by atoms with Crippen LogP contribution in [0.1, 0.15) is 40.5 Å². The topological polar surface area (TPSA) is 206 Å². The zero-order valence-electron chi connectivity index (χ0n) is 21.4. The second-order valence-corrected chi connectivity index (χ2v) is 10.5. The minimum Gasteiger partial charge on any atom is -0.511 e. The van der Waals surface area contributed by atoms with Crippen LogP contribution >= 0.6 is 0 Å². The fourth-order valence-electron chi connectivity index (χ4n) is 6.12. The number of ether oxygens (including phenoxy) is 3. The molecule has 3 aliphatic carbocycles. The average Bonchev–Trinajstić information content (AvgIpc) is 2.92. The zero-order chi connectivity index (χ0) is 28.4. The maximum Gasteiger partial charge on any atom is 0.190 e. The Morgan fingerprint density at radius 1 is 1.18 bits per heavy atom. The van der Waals surface area contributed by atoms with Gasteiger partial charge in [-0.2, -0.15) is 0 Å². The van der Waals surface area contributed by atoms with Gasteiger partial charge in [-0.15, -0.1) is 0 Å². The van der Waals surface area contributed by atoms with Gasteiger partial charge in [-0.05, 0) is 13.0 Å². The summed E-state index contributed by atoms with van der Waals surface area (Å²) in [5.41, 5.74) is 3.71. The lowest BCUT2D eigenvalue weighted by molar-refractivity contribution is -0.170. The molecule has 0 bridgehead atoms. The number of benzene rings is 1. The molecule has 4 aliphatic rings. The number of hydrogen-bond acceptors (Lipinski definition) is 12. The molecule has 1 saturated carbocycles. The van der Waals surface area contributed by atoms with Gasteiger partial charge in [0.1, 0.15) is 29.5 Å². The Morgan fingerprint density at radius 3 is 2.54 bits per heavy atom. The standard InChI is InChI=1S/C27H31NO11/c1-10-22(31)21(28)15(9-38-10)39-14-7-27(36,16(30)8-29)6-12-18(14)26(35)20-19(24(12)33)23(32)11-4-3-5-13(37-2)17(11)25(20)34/h3-5,10,14-15,19-22,29,31,33,35-36H,6-9,28H2,1-2H3/t10?,14-,15?,19?,20?,21?,22?,27-/m0/s1. The molecule has 5 rings (SSSR count). The fraction of sp³-hybridized carbons (Fsp3) is 0.519. The first kappa shape index (κ1) is 27.4. The van der Waals surface area contributed by atoms with Crippen molar-refractivity contribution in [3.63, 3.8) is 0 Å². The number of fused-ring (bicyclic) bond motifs is 3. The molecule has 0 spiro atoms. The van der Waals surface area contributed by atoms with Gasteiger partial charge < -0.3 is 45.5 Å². The minimum atomic E-state index is -2.23. The summed E-state index contributed by atoms with van der Waals surface area (Å²) in [5.74, 6) is -6.29. The first-order valence-corrected chi connectivity index (χ1v) is 12.6. The SMILES string of the molecule is COc1cccc2c1C(=O)C1C(O)=C3C(=C(O)C1C2=O)C[C@@](O)(C(=O)CO)C[C@@H]3OC1COC(C)C(O)C1N. The summed E-state index contributed by atoms with van der Waals surface area (Å²) in [5, 5.41) is 54.1. The fourth-order valence-corrected chi connectivity index (χ4v) is 6.12. The molecule has 1 saturated heterocycles. The highest BCUT2D eigenvalue weighted by molar-refractivity contribution is 6.19. The molecule has 12 nitrogen and oxygen atoms in total. The van der Waals surface area contributed by atoms with Gasteiger partial charge in [-0.25, -0.2) is 0 Å². The van der Waals surface area contributed by atoms with E-state index in [9.17, 15) is 39.9 Å². The molecular formula is C27H31NO11. The van der Waals surface area contributed by atoms with Crippen LogP contribution < -0.4 is 10.5 Å². The number of carbonyl (C=O) groups excluding carboxylic acids is 3. The first-order chi connectivity index (χ1) is 18.4. The van der Waals surface area contributed by atoms with E-state index in [1.807, 2.05) is 0 Å². The molecule has 8 atom stereocenters. The number of methoxy groups -OCH3 is 1. The molecule has 210 valence electrons. The Kier molecular flexibility index (Phi) is 6.90. The van der Waals surface area contributed by atoms with E-state index in [-0.39, 0.29) is 34.6 Å². The van der Waals surface area contributed by atoms with Crippen molar-refractivity contribution in [2.24, 2.45) is 17.6 Å². The second kappa shape index (κ2) is 9.81. The lowest BCUT2D eigenvalue weighted by atomic mass is 9.63. The molecule has 1 aromatic rings. The summed E-state index contributed by atoms with van der Waals surface area (Å²) in [6.45, 7) is 0.558. The molecule has 1 aliphatic heterocycles. The molecule has 0 amide bonds. The van der Waals surface area contributed by atoms with Crippen LogP contribution in [0.3, 0.4) is 0 Å². The molecule has 39 heavy (non-hydrogen) atoms. The number of rotatable bonds is 5. The molecular weight excluding hydrogens is 514 g/mol. The molecule has 2 fully saturated rings. The number of Topliss-reactive ketones (excluding diaryl/α,β-unsaturated/α-hetero) is 3. The molecule has 6 unspecified atom stereocenters. The largest absolute Gasteiger partial charge is 0.511 e. The van der Waals surface area contributed by atoms with Crippen molar-refractivity contribution < 1.29 is 54.1 Å². The first-order valence-electron chi connectivity index (χ1n) is 12.6. The third-order valence-electron chi connectivity index (χ3n) is 8.30. The van der Waals surface area contributed by atoms with Crippen molar-refractivity contribution in [3.05, 3.63) is 52.0 Å². The normalized spacial score (nSPS) is 36.3. The number of allylic oxidation sites excluding steroid dienone is 2. The quantitative estimate of drug-likeness (QED) is 0.287. The lowest BCUT2D eigenvalue weighted by Crippen LogP contribution is -2.59. The van der Waals surface area contributed by atoms with Gasteiger partial charge in [0.25, 0.3) is 0 Å². The van der Waals surface area contributed by atoms with Gasteiger partial charge in [0.05, 0.1) is 61.6 Å². The van der Waals surface area contributed by atoms with E-state index in [0.717, 1.165) is 0 Å². The van der Waals surface area contributed by atoms with Crippen LogP contribution in [0.4, 0.5) is 0 Å². The number of carbonyl (C=O) groups is 3. The van der Waals surface area contributed by atoms with Crippen LogP contribution in [0.5, 0.6) is 5.75 Å². The van der Waals surface area contributed by atoms with Crippen LogP contribution in [0.25, 0.3) is 0 Å². The Balaban J connectivity index is 1.64. The van der Waals surface area contributed by atoms with Crippen molar-refractivity contribution in [2.75, 3.05) is 20.3 Å². The van der Waals surface area contributed by atoms with Crippen molar-refractivity contribution in [1.82, 2.24) is 0 Å². The third-order valence-corrected chi connectivity index (χ3v) is 8.30. The molecule has 1 aromatic carbocycles. The van der Waals surface area contributed by atoms with Crippen LogP contribution in [0.15, 0.2) is 40.9 Å². The van der Waals surface area contributed by atoms with E-state index in [0.29, 0.717) is 0 Å². The predicted octanol–water partition coefficient (Wildman–Crippen LogP) is -0.109. The van der Waals surface area contributed by atoms with E-state index in [2.05, 4.69) is 0 Å². The van der Waals surface area contributed by atoms with E-state index in [1.54, 1.807) is 6.92 Å². The van der Waals surface area contributed by atoms with Crippen molar-refractivity contribution in [2.45, 2.75) is 55.8 Å². The number of aliphatic hydroxyl groups excluding tert-OH is 4. The Bertz CT molecular complexity index is 1300. The maximum absolute atomic E-state index is 13.7. The molecule has 0 radical (unpaired) electrons. The zero-order valence-corrected chi connectivity index (χ0v) is 21.4. The predicted molar refractivity (Wildman–Crippen MR) is 132 cm³/mol. The van der Waals surface area contributed by atoms with E-state index >= 15 is 0 Å². The summed E-state index contributed by atoms with van der Waals surface area (Å²) in [6, 6.07) is 3.50. The highest BCUT2D eigenvalue weighted by atomic mass is 16.6. The maximum atomic E-state index is 13.7. The minimum absolute atomic E-state index is 0.00254. The summed E-state index contributed by atoms with van der Waals surface area (Å²) >= 11 is 0. The third kappa shape index (κ3) is 4.10. The van der Waals surface area contributed by atoms with Crippen molar-refractivity contribution in [3.8, 4) is 5.75 Å². The molecule has 0 aromatic heterocycles. The van der Waals surface area contributed by atoms with Crippen LogP contribution in [-0.2, 0) is 14.3 Å². The molecule has 1 heterocycles. The monoisotopic (exact) mass is 545 g/mol.